The fourth-order valence-corrected chi connectivity index (χ4v) is 1.84. The number of aromatic hydroxyl groups is 2. The van der Waals surface area contributed by atoms with Gasteiger partial charge in [0.2, 0.25) is 0 Å². The summed E-state index contributed by atoms with van der Waals surface area (Å²) in [7, 11) is 0. The van der Waals surface area contributed by atoms with E-state index in [0.717, 1.165) is 11.4 Å². The lowest BCUT2D eigenvalue weighted by Crippen LogP contribution is -2.23. The zero-order chi connectivity index (χ0) is 13.1. The highest BCUT2D eigenvalue weighted by Gasteiger charge is 2.14. The first-order chi connectivity index (χ1) is 8.56. The molecule has 0 spiro atoms. The molecule has 6 heteroatoms. The van der Waals surface area contributed by atoms with Crippen LogP contribution in [0.1, 0.15) is 37.3 Å². The Hall–Kier alpha value is -2.08. The molecule has 18 heavy (non-hydrogen) atoms. The minimum Gasteiger partial charge on any atom is -0.508 e. The molecular formula is C12H16N4O2. The van der Waals surface area contributed by atoms with Crippen LogP contribution in [0.3, 0.4) is 0 Å². The molecule has 0 bridgehead atoms. The molecule has 0 aliphatic carbocycles. The van der Waals surface area contributed by atoms with Crippen molar-refractivity contribution in [1.29, 1.82) is 0 Å². The summed E-state index contributed by atoms with van der Waals surface area (Å²) in [6.07, 6.45) is 1.46. The van der Waals surface area contributed by atoms with E-state index in [2.05, 4.69) is 20.5 Å². The highest BCUT2D eigenvalue weighted by atomic mass is 16.3. The van der Waals surface area contributed by atoms with Gasteiger partial charge in [0.1, 0.15) is 23.7 Å². The van der Waals surface area contributed by atoms with Gasteiger partial charge in [0, 0.05) is 12.1 Å². The van der Waals surface area contributed by atoms with Gasteiger partial charge >= 0.3 is 0 Å². The average molecular weight is 248 g/mol. The number of hydrogen-bond acceptors (Lipinski definition) is 5. The molecule has 0 saturated carbocycles. The molecule has 96 valence electrons. The molecule has 0 aliphatic rings. The van der Waals surface area contributed by atoms with E-state index in [1.54, 1.807) is 12.1 Å². The number of benzene rings is 1. The van der Waals surface area contributed by atoms with Crippen LogP contribution in [0, 0.1) is 0 Å². The Labute approximate surface area is 105 Å². The maximum atomic E-state index is 9.44. The van der Waals surface area contributed by atoms with Crippen molar-refractivity contribution < 1.29 is 10.2 Å². The smallest absolute Gasteiger partial charge is 0.141 e. The summed E-state index contributed by atoms with van der Waals surface area (Å²) in [6.45, 7) is 3.90. The summed E-state index contributed by atoms with van der Waals surface area (Å²) in [6, 6.07) is 4.49. The van der Waals surface area contributed by atoms with E-state index in [-0.39, 0.29) is 23.6 Å². The predicted octanol–water partition coefficient (Wildman–Crippen LogP) is 1.63. The second-order valence-corrected chi connectivity index (χ2v) is 4.26. The summed E-state index contributed by atoms with van der Waals surface area (Å²) in [5.74, 6) is 0.836. The van der Waals surface area contributed by atoms with Crippen molar-refractivity contribution in [1.82, 2.24) is 20.5 Å². The molecule has 1 heterocycles. The molecule has 2 unspecified atom stereocenters. The second-order valence-electron chi connectivity index (χ2n) is 4.26. The largest absolute Gasteiger partial charge is 0.508 e. The van der Waals surface area contributed by atoms with Crippen LogP contribution in [0.2, 0.25) is 0 Å². The molecular weight excluding hydrogens is 232 g/mol. The standard InChI is InChI=1S/C12H16N4O2/c1-7(9-3-10(17)5-11(18)4-9)15-8(2)12-13-6-14-16-12/h3-8,15,17-18H,1-2H3,(H,13,14,16). The molecule has 2 atom stereocenters. The number of phenols is 2. The summed E-state index contributed by atoms with van der Waals surface area (Å²) >= 11 is 0. The monoisotopic (exact) mass is 248 g/mol. The van der Waals surface area contributed by atoms with Crippen molar-refractivity contribution in [3.8, 4) is 11.5 Å². The van der Waals surface area contributed by atoms with Gasteiger partial charge in [-0.2, -0.15) is 5.10 Å². The van der Waals surface area contributed by atoms with Gasteiger partial charge in [0.15, 0.2) is 0 Å². The van der Waals surface area contributed by atoms with Crippen LogP contribution in [0.5, 0.6) is 11.5 Å². The third-order valence-electron chi connectivity index (χ3n) is 2.77. The molecule has 2 aromatic rings. The first-order valence-electron chi connectivity index (χ1n) is 5.70. The third kappa shape index (κ3) is 2.78. The molecule has 0 fully saturated rings. The normalized spacial score (nSPS) is 14.3. The Morgan fingerprint density at radius 1 is 1.11 bits per heavy atom. The fourth-order valence-electron chi connectivity index (χ4n) is 1.84. The van der Waals surface area contributed by atoms with E-state index >= 15 is 0 Å². The van der Waals surface area contributed by atoms with Gasteiger partial charge in [-0.15, -0.1) is 0 Å². The van der Waals surface area contributed by atoms with E-state index in [9.17, 15) is 10.2 Å². The molecule has 0 radical (unpaired) electrons. The number of hydrogen-bond donors (Lipinski definition) is 4. The molecule has 0 aliphatic heterocycles. The first kappa shape index (κ1) is 12.4. The van der Waals surface area contributed by atoms with Crippen molar-refractivity contribution in [2.45, 2.75) is 25.9 Å². The minimum atomic E-state index is -0.0388. The zero-order valence-corrected chi connectivity index (χ0v) is 10.3. The van der Waals surface area contributed by atoms with Crippen LogP contribution >= 0.6 is 0 Å². The number of aromatic amines is 1. The van der Waals surface area contributed by atoms with E-state index in [4.69, 9.17) is 0 Å². The van der Waals surface area contributed by atoms with Crippen LogP contribution in [-0.4, -0.2) is 25.4 Å². The van der Waals surface area contributed by atoms with Crippen molar-refractivity contribution in [2.24, 2.45) is 0 Å². The molecule has 2 rings (SSSR count). The summed E-state index contributed by atoms with van der Waals surface area (Å²) in [5.41, 5.74) is 0.805. The van der Waals surface area contributed by atoms with Gasteiger partial charge in [-0.1, -0.05) is 0 Å². The Morgan fingerprint density at radius 3 is 2.33 bits per heavy atom. The first-order valence-corrected chi connectivity index (χ1v) is 5.70. The predicted molar refractivity (Wildman–Crippen MR) is 66.1 cm³/mol. The van der Waals surface area contributed by atoms with Gasteiger partial charge in [0.05, 0.1) is 6.04 Å². The number of rotatable bonds is 4. The minimum absolute atomic E-state index is 0.00741. The van der Waals surface area contributed by atoms with Crippen LogP contribution in [0.4, 0.5) is 0 Å². The van der Waals surface area contributed by atoms with Gasteiger partial charge in [0.25, 0.3) is 0 Å². The van der Waals surface area contributed by atoms with Gasteiger partial charge in [-0.05, 0) is 31.5 Å². The number of nitrogens with zero attached hydrogens (tertiary/aromatic N) is 2. The molecule has 0 amide bonds. The number of H-pyrrole nitrogens is 1. The van der Waals surface area contributed by atoms with E-state index in [1.165, 1.54) is 12.4 Å². The lowest BCUT2D eigenvalue weighted by atomic mass is 10.1. The molecule has 1 aromatic heterocycles. The molecule has 6 nitrogen and oxygen atoms in total. The molecule has 4 N–H and O–H groups in total. The number of phenolic OH excluding ortho intramolecular Hbond substituents is 2. The fraction of sp³-hybridized carbons (Fsp3) is 0.333. The maximum absolute atomic E-state index is 9.44. The SMILES string of the molecule is CC(NC(C)c1ncn[nH]1)c1cc(O)cc(O)c1. The summed E-state index contributed by atoms with van der Waals surface area (Å²) < 4.78 is 0. The topological polar surface area (TPSA) is 94.1 Å². The number of aromatic nitrogens is 3. The molecule has 0 saturated heterocycles. The van der Waals surface area contributed by atoms with Crippen LogP contribution < -0.4 is 5.32 Å². The highest BCUT2D eigenvalue weighted by Crippen LogP contribution is 2.25. The van der Waals surface area contributed by atoms with Crippen molar-refractivity contribution in [3.05, 3.63) is 35.9 Å². The Bertz CT molecular complexity index is 493. The van der Waals surface area contributed by atoms with E-state index in [1.807, 2.05) is 13.8 Å². The lowest BCUT2D eigenvalue weighted by Gasteiger charge is -2.19. The van der Waals surface area contributed by atoms with Crippen LogP contribution in [0.15, 0.2) is 24.5 Å². The maximum Gasteiger partial charge on any atom is 0.141 e. The van der Waals surface area contributed by atoms with Crippen LogP contribution in [0.25, 0.3) is 0 Å². The van der Waals surface area contributed by atoms with Gasteiger partial charge in [-0.3, -0.25) is 5.10 Å². The van der Waals surface area contributed by atoms with Gasteiger partial charge in [-0.25, -0.2) is 4.98 Å². The Balaban J connectivity index is 2.09. The summed E-state index contributed by atoms with van der Waals surface area (Å²) in [5, 5.41) is 28.8. The molecule has 1 aromatic carbocycles. The third-order valence-corrected chi connectivity index (χ3v) is 2.77. The van der Waals surface area contributed by atoms with Crippen LogP contribution in [-0.2, 0) is 0 Å². The average Bonchev–Trinajstić information content (AvgIpc) is 2.80. The van der Waals surface area contributed by atoms with E-state index < -0.39 is 0 Å². The lowest BCUT2D eigenvalue weighted by molar-refractivity contribution is 0.440. The van der Waals surface area contributed by atoms with Gasteiger partial charge < -0.3 is 15.5 Å². The Morgan fingerprint density at radius 2 is 1.78 bits per heavy atom. The highest BCUT2D eigenvalue weighted by molar-refractivity contribution is 5.38. The van der Waals surface area contributed by atoms with Crippen molar-refractivity contribution in [3.63, 3.8) is 0 Å². The Kier molecular flexibility index (Phi) is 3.47. The summed E-state index contributed by atoms with van der Waals surface area (Å²) in [4.78, 5) is 4.07. The van der Waals surface area contributed by atoms with E-state index in [0.29, 0.717) is 0 Å². The van der Waals surface area contributed by atoms with Crippen molar-refractivity contribution >= 4 is 0 Å². The quantitative estimate of drug-likeness (QED) is 0.659. The van der Waals surface area contributed by atoms with Crippen molar-refractivity contribution in [2.75, 3.05) is 0 Å². The zero-order valence-electron chi connectivity index (χ0n) is 10.3. The number of nitrogens with one attached hydrogen (secondary N) is 2. The second kappa shape index (κ2) is 5.05.